The predicted molar refractivity (Wildman–Crippen MR) is 116 cm³/mol. The molecular formula is C24H25N3O4. The van der Waals surface area contributed by atoms with Gasteiger partial charge in [-0.3, -0.25) is 9.48 Å². The Balaban J connectivity index is 1.44. The molecule has 160 valence electrons. The smallest absolute Gasteiger partial charge is 0.257 e. The molecule has 0 N–H and O–H groups in total. The normalized spacial score (nSPS) is 16.3. The van der Waals surface area contributed by atoms with Gasteiger partial charge < -0.3 is 19.1 Å². The number of rotatable bonds is 3. The average Bonchev–Trinajstić information content (AvgIpc) is 3.22. The maximum atomic E-state index is 13.1. The zero-order chi connectivity index (χ0) is 21.6. The van der Waals surface area contributed by atoms with Gasteiger partial charge in [-0.25, -0.2) is 0 Å². The summed E-state index contributed by atoms with van der Waals surface area (Å²) in [7, 11) is 5.19. The molecule has 1 amide bonds. The Morgan fingerprint density at radius 2 is 1.87 bits per heavy atom. The summed E-state index contributed by atoms with van der Waals surface area (Å²) < 4.78 is 19.3. The van der Waals surface area contributed by atoms with E-state index < -0.39 is 5.60 Å². The molecule has 0 atom stereocenters. The van der Waals surface area contributed by atoms with Crippen LogP contribution in [0.2, 0.25) is 0 Å². The van der Waals surface area contributed by atoms with Gasteiger partial charge in [-0.1, -0.05) is 12.1 Å². The molecule has 0 aliphatic carbocycles. The second-order valence-electron chi connectivity index (χ2n) is 7.98. The summed E-state index contributed by atoms with van der Waals surface area (Å²) in [6, 6.07) is 13.2. The highest BCUT2D eigenvalue weighted by Gasteiger charge is 2.46. The highest BCUT2D eigenvalue weighted by molar-refractivity contribution is 5.97. The lowest BCUT2D eigenvalue weighted by Gasteiger charge is -2.44. The van der Waals surface area contributed by atoms with Crippen molar-refractivity contribution >= 4 is 5.91 Å². The molecule has 0 bridgehead atoms. The number of para-hydroxylation sites is 1. The monoisotopic (exact) mass is 419 g/mol. The van der Waals surface area contributed by atoms with Crippen molar-refractivity contribution < 1.29 is 19.0 Å². The molecule has 7 heteroatoms. The van der Waals surface area contributed by atoms with Crippen LogP contribution in [0.4, 0.5) is 0 Å². The van der Waals surface area contributed by atoms with Crippen molar-refractivity contribution in [1.82, 2.24) is 14.7 Å². The van der Waals surface area contributed by atoms with Gasteiger partial charge >= 0.3 is 0 Å². The first-order chi connectivity index (χ1) is 15.1. The first-order valence-electron chi connectivity index (χ1n) is 10.4. The summed E-state index contributed by atoms with van der Waals surface area (Å²) in [5, 5.41) is 4.53. The fraction of sp³-hybridized carbons (Fsp3) is 0.333. The Hall–Kier alpha value is -3.48. The molecule has 0 saturated carbocycles. The van der Waals surface area contributed by atoms with E-state index in [4.69, 9.17) is 14.2 Å². The number of carbonyl (C=O) groups is 1. The second-order valence-corrected chi connectivity index (χ2v) is 7.98. The van der Waals surface area contributed by atoms with Crippen LogP contribution in [0.3, 0.4) is 0 Å². The first-order valence-corrected chi connectivity index (χ1v) is 10.4. The molecule has 2 aliphatic rings. The number of hydrogen-bond acceptors (Lipinski definition) is 5. The molecule has 0 radical (unpaired) electrons. The van der Waals surface area contributed by atoms with E-state index in [1.807, 2.05) is 65.3 Å². The molecule has 1 aromatic heterocycles. The highest BCUT2D eigenvalue weighted by Crippen LogP contribution is 2.50. The number of aromatic nitrogens is 2. The zero-order valence-corrected chi connectivity index (χ0v) is 17.9. The molecule has 7 nitrogen and oxygen atoms in total. The topological polar surface area (TPSA) is 65.8 Å². The van der Waals surface area contributed by atoms with Gasteiger partial charge in [0, 0.05) is 44.1 Å². The highest BCUT2D eigenvalue weighted by atomic mass is 16.5. The van der Waals surface area contributed by atoms with E-state index in [1.54, 1.807) is 14.2 Å². The van der Waals surface area contributed by atoms with Gasteiger partial charge in [0.1, 0.15) is 22.8 Å². The van der Waals surface area contributed by atoms with Gasteiger partial charge in [-0.05, 0) is 30.3 Å². The molecule has 0 unspecified atom stereocenters. The summed E-state index contributed by atoms with van der Waals surface area (Å²) in [5.74, 6) is 2.18. The van der Waals surface area contributed by atoms with E-state index in [9.17, 15) is 4.79 Å². The van der Waals surface area contributed by atoms with Crippen molar-refractivity contribution in [1.29, 1.82) is 0 Å². The van der Waals surface area contributed by atoms with E-state index in [2.05, 4.69) is 5.10 Å². The Bertz CT molecular complexity index is 1150. The summed E-state index contributed by atoms with van der Waals surface area (Å²) in [4.78, 5) is 15.0. The van der Waals surface area contributed by atoms with Gasteiger partial charge in [0.15, 0.2) is 0 Å². The number of fused-ring (bicyclic) bond motifs is 4. The van der Waals surface area contributed by atoms with Crippen LogP contribution in [0.1, 0.15) is 28.8 Å². The van der Waals surface area contributed by atoms with Gasteiger partial charge in [-0.2, -0.15) is 5.10 Å². The van der Waals surface area contributed by atoms with Gasteiger partial charge in [0.2, 0.25) is 0 Å². The molecule has 3 heterocycles. The van der Waals surface area contributed by atoms with Crippen LogP contribution in [-0.4, -0.2) is 47.9 Å². The molecule has 3 aromatic rings. The fourth-order valence-corrected chi connectivity index (χ4v) is 4.70. The van der Waals surface area contributed by atoms with Crippen LogP contribution in [-0.2, 0) is 12.6 Å². The summed E-state index contributed by atoms with van der Waals surface area (Å²) >= 11 is 0. The number of benzene rings is 2. The lowest BCUT2D eigenvalue weighted by Crippen LogP contribution is -2.49. The fourth-order valence-electron chi connectivity index (χ4n) is 4.70. The standard InChI is InChI=1S/C24H25N3O4/c1-26-22-18-14-16(29-2)8-9-21(18)31-24(19(22)15-25-26)10-12-27(13-11-24)23(28)17-6-4-5-7-20(17)30-3/h4-9,14-15H,10-13H2,1-3H3. The van der Waals surface area contributed by atoms with Crippen LogP contribution in [0, 0.1) is 0 Å². The van der Waals surface area contributed by atoms with E-state index in [-0.39, 0.29) is 5.91 Å². The third kappa shape index (κ3) is 3.03. The molecule has 1 saturated heterocycles. The quantitative estimate of drug-likeness (QED) is 0.649. The van der Waals surface area contributed by atoms with Crippen molar-refractivity contribution in [2.75, 3.05) is 27.3 Å². The molecular weight excluding hydrogens is 394 g/mol. The Kier molecular flexibility index (Phi) is 4.61. The number of likely N-dealkylation sites (tertiary alicyclic amines) is 1. The number of ether oxygens (including phenoxy) is 3. The second kappa shape index (κ2) is 7.34. The van der Waals surface area contributed by atoms with Gasteiger partial charge in [-0.15, -0.1) is 0 Å². The van der Waals surface area contributed by atoms with E-state index in [1.165, 1.54) is 0 Å². The Labute approximate surface area is 181 Å². The van der Waals surface area contributed by atoms with Crippen molar-refractivity contribution in [2.45, 2.75) is 18.4 Å². The number of amides is 1. The third-order valence-electron chi connectivity index (χ3n) is 6.37. The first kappa shape index (κ1) is 19.5. The minimum atomic E-state index is -0.497. The van der Waals surface area contributed by atoms with Gasteiger partial charge in [0.05, 0.1) is 31.7 Å². The van der Waals surface area contributed by atoms with Crippen molar-refractivity contribution in [3.8, 4) is 28.5 Å². The molecule has 2 aromatic carbocycles. The number of aryl methyl sites for hydroxylation is 1. The van der Waals surface area contributed by atoms with E-state index in [0.29, 0.717) is 37.2 Å². The summed E-state index contributed by atoms with van der Waals surface area (Å²) in [5.41, 5.74) is 3.19. The van der Waals surface area contributed by atoms with Gasteiger partial charge in [0.25, 0.3) is 5.91 Å². The summed E-state index contributed by atoms with van der Waals surface area (Å²) in [6.45, 7) is 1.19. The third-order valence-corrected chi connectivity index (χ3v) is 6.37. The number of nitrogens with zero attached hydrogens (tertiary/aromatic N) is 3. The van der Waals surface area contributed by atoms with Crippen LogP contribution in [0.5, 0.6) is 17.2 Å². The average molecular weight is 419 g/mol. The molecule has 1 spiro atoms. The lowest BCUT2D eigenvalue weighted by molar-refractivity contribution is -0.00183. The minimum Gasteiger partial charge on any atom is -0.497 e. The van der Waals surface area contributed by atoms with Crippen LogP contribution in [0.25, 0.3) is 11.3 Å². The molecule has 5 rings (SSSR count). The van der Waals surface area contributed by atoms with E-state index >= 15 is 0 Å². The Morgan fingerprint density at radius 1 is 1.10 bits per heavy atom. The number of piperidine rings is 1. The maximum absolute atomic E-state index is 13.1. The van der Waals surface area contributed by atoms with Crippen LogP contribution in [0.15, 0.2) is 48.7 Å². The molecule has 31 heavy (non-hydrogen) atoms. The SMILES string of the molecule is COc1ccc2c(c1)-c1c(cnn1C)C1(CCN(C(=O)c3ccccc3OC)CC1)O2. The van der Waals surface area contributed by atoms with Crippen molar-refractivity contribution in [3.63, 3.8) is 0 Å². The predicted octanol–water partition coefficient (Wildman–Crippen LogP) is 3.63. The Morgan fingerprint density at radius 3 is 2.61 bits per heavy atom. The number of carbonyl (C=O) groups excluding carboxylic acids is 1. The summed E-state index contributed by atoms with van der Waals surface area (Å²) in [6.07, 6.45) is 3.28. The minimum absolute atomic E-state index is 0.0142. The lowest BCUT2D eigenvalue weighted by atomic mass is 9.81. The van der Waals surface area contributed by atoms with Crippen LogP contribution < -0.4 is 14.2 Å². The number of hydrogen-bond donors (Lipinski definition) is 0. The number of methoxy groups -OCH3 is 2. The zero-order valence-electron chi connectivity index (χ0n) is 17.9. The van der Waals surface area contributed by atoms with Crippen molar-refractivity contribution in [3.05, 3.63) is 59.8 Å². The largest absolute Gasteiger partial charge is 0.497 e. The van der Waals surface area contributed by atoms with E-state index in [0.717, 1.165) is 28.3 Å². The molecule has 1 fully saturated rings. The maximum Gasteiger partial charge on any atom is 0.257 e. The molecule has 2 aliphatic heterocycles. The van der Waals surface area contributed by atoms with Crippen LogP contribution >= 0.6 is 0 Å². The van der Waals surface area contributed by atoms with Crippen molar-refractivity contribution in [2.24, 2.45) is 7.05 Å².